The van der Waals surface area contributed by atoms with Gasteiger partial charge in [-0.3, -0.25) is 9.89 Å². The summed E-state index contributed by atoms with van der Waals surface area (Å²) < 4.78 is 25.8. The first-order chi connectivity index (χ1) is 13.2. The molecule has 1 rings (SSSR count). The molecular formula is C20H37N5O2S. The van der Waals surface area contributed by atoms with Gasteiger partial charge >= 0.3 is 0 Å². The Kier molecular flexibility index (Phi) is 10.5. The molecule has 0 aliphatic heterocycles. The molecule has 0 aliphatic rings. The van der Waals surface area contributed by atoms with E-state index in [0.717, 1.165) is 36.6 Å². The van der Waals surface area contributed by atoms with Crippen molar-refractivity contribution in [3.8, 4) is 0 Å². The van der Waals surface area contributed by atoms with Crippen molar-refractivity contribution in [1.82, 2.24) is 20.3 Å². The van der Waals surface area contributed by atoms with E-state index in [9.17, 15) is 8.42 Å². The third-order valence-corrected chi connectivity index (χ3v) is 5.89. The number of sulfonamides is 1. The van der Waals surface area contributed by atoms with Crippen molar-refractivity contribution in [2.75, 3.05) is 27.2 Å². The lowest BCUT2D eigenvalue weighted by Gasteiger charge is -2.30. The van der Waals surface area contributed by atoms with Crippen molar-refractivity contribution in [3.05, 3.63) is 35.4 Å². The number of hydrogen-bond donors (Lipinski definition) is 3. The minimum Gasteiger partial charge on any atom is -0.356 e. The summed E-state index contributed by atoms with van der Waals surface area (Å²) in [6, 6.07) is 8.64. The molecule has 28 heavy (non-hydrogen) atoms. The largest absolute Gasteiger partial charge is 0.356 e. The van der Waals surface area contributed by atoms with Crippen LogP contribution in [0.15, 0.2) is 29.3 Å². The monoisotopic (exact) mass is 411 g/mol. The van der Waals surface area contributed by atoms with E-state index in [1.165, 1.54) is 7.05 Å². The third kappa shape index (κ3) is 9.03. The van der Waals surface area contributed by atoms with Crippen LogP contribution in [-0.4, -0.2) is 58.5 Å². The Bertz CT molecular complexity index is 709. The van der Waals surface area contributed by atoms with E-state index in [0.29, 0.717) is 18.6 Å². The highest BCUT2D eigenvalue weighted by Gasteiger charge is 2.12. The van der Waals surface area contributed by atoms with Gasteiger partial charge in [0.25, 0.3) is 0 Å². The first kappa shape index (κ1) is 24.4. The summed E-state index contributed by atoms with van der Waals surface area (Å²) in [6.45, 7) is 11.4. The molecule has 0 heterocycles. The van der Waals surface area contributed by atoms with Gasteiger partial charge in [-0.2, -0.15) is 0 Å². The number of rotatable bonds is 11. The van der Waals surface area contributed by atoms with Crippen LogP contribution in [0.4, 0.5) is 0 Å². The van der Waals surface area contributed by atoms with Crippen molar-refractivity contribution in [3.63, 3.8) is 0 Å². The van der Waals surface area contributed by atoms with Gasteiger partial charge in [-0.25, -0.2) is 13.1 Å². The number of guanidine groups is 1. The molecule has 0 spiro atoms. The standard InChI is InChI=1S/C20H37N5O2S/c1-16(2)25(17(3)4)12-8-11-23-20(21-5)24-14-18-9-7-10-19(13-18)15-28(26,27)22-6/h7,9-10,13,16-17,22H,8,11-12,14-15H2,1-6H3,(H2,21,23,24). The summed E-state index contributed by atoms with van der Waals surface area (Å²) in [5, 5.41) is 6.62. The highest BCUT2D eigenvalue weighted by Crippen LogP contribution is 2.09. The first-order valence-corrected chi connectivity index (χ1v) is 11.5. The number of hydrogen-bond acceptors (Lipinski definition) is 4. The van der Waals surface area contributed by atoms with Gasteiger partial charge in [0.05, 0.1) is 5.75 Å². The quantitative estimate of drug-likeness (QED) is 0.294. The summed E-state index contributed by atoms with van der Waals surface area (Å²) >= 11 is 0. The molecule has 0 fully saturated rings. The molecule has 160 valence electrons. The first-order valence-electron chi connectivity index (χ1n) is 9.87. The van der Waals surface area contributed by atoms with Gasteiger partial charge < -0.3 is 10.6 Å². The van der Waals surface area contributed by atoms with E-state index in [-0.39, 0.29) is 5.75 Å². The van der Waals surface area contributed by atoms with Crippen LogP contribution in [0.2, 0.25) is 0 Å². The Morgan fingerprint density at radius 3 is 2.32 bits per heavy atom. The fourth-order valence-corrected chi connectivity index (χ4v) is 3.87. The molecule has 0 aliphatic carbocycles. The zero-order valence-electron chi connectivity index (χ0n) is 18.1. The highest BCUT2D eigenvalue weighted by atomic mass is 32.2. The van der Waals surface area contributed by atoms with E-state index in [1.807, 2.05) is 24.3 Å². The van der Waals surface area contributed by atoms with E-state index >= 15 is 0 Å². The van der Waals surface area contributed by atoms with Gasteiger partial charge in [0.2, 0.25) is 10.0 Å². The number of nitrogens with one attached hydrogen (secondary N) is 3. The zero-order valence-corrected chi connectivity index (χ0v) is 18.9. The van der Waals surface area contributed by atoms with Crippen LogP contribution in [0.1, 0.15) is 45.2 Å². The molecule has 0 radical (unpaired) electrons. The molecule has 0 bridgehead atoms. The van der Waals surface area contributed by atoms with Gasteiger partial charge in [-0.05, 0) is 52.3 Å². The SMILES string of the molecule is CN=C(NCCCN(C(C)C)C(C)C)NCc1cccc(CS(=O)(=O)NC)c1. The second kappa shape index (κ2) is 12.0. The topological polar surface area (TPSA) is 85.8 Å². The summed E-state index contributed by atoms with van der Waals surface area (Å²) in [6.07, 6.45) is 1.04. The summed E-state index contributed by atoms with van der Waals surface area (Å²) in [4.78, 5) is 6.73. The Balaban J connectivity index is 2.48. The van der Waals surface area contributed by atoms with Crippen LogP contribution >= 0.6 is 0 Å². The maximum absolute atomic E-state index is 11.7. The van der Waals surface area contributed by atoms with Crippen molar-refractivity contribution in [2.24, 2.45) is 4.99 Å². The molecule has 3 N–H and O–H groups in total. The summed E-state index contributed by atoms with van der Waals surface area (Å²) in [7, 11) is -0.0919. The Morgan fingerprint density at radius 2 is 1.75 bits per heavy atom. The maximum Gasteiger partial charge on any atom is 0.215 e. The van der Waals surface area contributed by atoms with Crippen LogP contribution in [0, 0.1) is 0 Å². The van der Waals surface area contributed by atoms with Gasteiger partial charge in [0.1, 0.15) is 0 Å². The van der Waals surface area contributed by atoms with E-state index in [1.54, 1.807) is 7.05 Å². The average molecular weight is 412 g/mol. The van der Waals surface area contributed by atoms with Crippen LogP contribution in [0.3, 0.4) is 0 Å². The van der Waals surface area contributed by atoms with E-state index in [4.69, 9.17) is 0 Å². The fourth-order valence-electron chi connectivity index (χ4n) is 3.11. The second-order valence-corrected chi connectivity index (χ2v) is 9.34. The lowest BCUT2D eigenvalue weighted by atomic mass is 10.1. The molecule has 0 aromatic heterocycles. The van der Waals surface area contributed by atoms with Crippen LogP contribution in [0.5, 0.6) is 0 Å². The predicted molar refractivity (Wildman–Crippen MR) is 118 cm³/mol. The molecule has 0 saturated carbocycles. The summed E-state index contributed by atoms with van der Waals surface area (Å²) in [5.41, 5.74) is 1.77. The molecule has 7 nitrogen and oxygen atoms in total. The van der Waals surface area contributed by atoms with Crippen molar-refractivity contribution in [1.29, 1.82) is 0 Å². The van der Waals surface area contributed by atoms with Crippen LogP contribution in [-0.2, 0) is 22.3 Å². The smallest absolute Gasteiger partial charge is 0.215 e. The molecule has 0 atom stereocenters. The molecular weight excluding hydrogens is 374 g/mol. The Hall–Kier alpha value is -1.64. The zero-order chi connectivity index (χ0) is 21.2. The molecule has 8 heteroatoms. The lowest BCUT2D eigenvalue weighted by Crippen LogP contribution is -2.41. The lowest BCUT2D eigenvalue weighted by molar-refractivity contribution is 0.173. The van der Waals surface area contributed by atoms with Crippen LogP contribution in [0.25, 0.3) is 0 Å². The Morgan fingerprint density at radius 1 is 1.11 bits per heavy atom. The van der Waals surface area contributed by atoms with Gasteiger partial charge in [-0.1, -0.05) is 24.3 Å². The summed E-state index contributed by atoms with van der Waals surface area (Å²) in [5.74, 6) is 0.723. The fraction of sp³-hybridized carbons (Fsp3) is 0.650. The molecule has 1 aromatic rings. The number of benzene rings is 1. The van der Waals surface area contributed by atoms with Gasteiger partial charge in [-0.15, -0.1) is 0 Å². The maximum atomic E-state index is 11.7. The second-order valence-electron chi connectivity index (χ2n) is 7.41. The minimum absolute atomic E-state index is 0.0213. The predicted octanol–water partition coefficient (Wildman–Crippen LogP) is 1.91. The van der Waals surface area contributed by atoms with Gasteiger partial charge in [0.15, 0.2) is 5.96 Å². The normalized spacial score (nSPS) is 12.8. The molecule has 1 aromatic carbocycles. The minimum atomic E-state index is -3.27. The van der Waals surface area contributed by atoms with Crippen molar-refractivity contribution >= 4 is 16.0 Å². The third-order valence-electron chi connectivity index (χ3n) is 4.55. The average Bonchev–Trinajstić information content (AvgIpc) is 2.63. The molecule has 0 saturated heterocycles. The number of aliphatic imine (C=N–C) groups is 1. The Labute approximate surface area is 171 Å². The molecule has 0 unspecified atom stereocenters. The molecule has 0 amide bonds. The number of nitrogens with zero attached hydrogens (tertiary/aromatic N) is 2. The highest BCUT2D eigenvalue weighted by molar-refractivity contribution is 7.88. The van der Waals surface area contributed by atoms with Crippen LogP contribution < -0.4 is 15.4 Å². The van der Waals surface area contributed by atoms with Gasteiger partial charge in [0, 0.05) is 38.8 Å². The van der Waals surface area contributed by atoms with Crippen molar-refractivity contribution in [2.45, 2.75) is 58.5 Å². The van der Waals surface area contributed by atoms with Crippen molar-refractivity contribution < 1.29 is 8.42 Å². The van der Waals surface area contributed by atoms with E-state index < -0.39 is 10.0 Å². The van der Waals surface area contributed by atoms with E-state index in [2.05, 4.69) is 52.9 Å².